The van der Waals surface area contributed by atoms with Gasteiger partial charge in [0.25, 0.3) is 0 Å². The van der Waals surface area contributed by atoms with E-state index in [2.05, 4.69) is 10.1 Å². The number of nitrogen functional groups attached to an aromatic ring is 1. The summed E-state index contributed by atoms with van der Waals surface area (Å²) >= 11 is 0. The molecule has 1 aromatic carbocycles. The Labute approximate surface area is 98.7 Å². The molecule has 0 unspecified atom stereocenters. The summed E-state index contributed by atoms with van der Waals surface area (Å²) in [5, 5.41) is 5.44. The Bertz CT molecular complexity index is 643. The average Bonchev–Trinajstić information content (AvgIpc) is 2.73. The predicted molar refractivity (Wildman–Crippen MR) is 67.5 cm³/mol. The largest absolute Gasteiger partial charge is 0.399 e. The van der Waals surface area contributed by atoms with Gasteiger partial charge in [-0.3, -0.25) is 9.67 Å². The smallest absolute Gasteiger partial charge is 0.0687 e. The van der Waals surface area contributed by atoms with Crippen molar-refractivity contribution in [1.82, 2.24) is 14.8 Å². The number of nitrogens with two attached hydrogens (primary N) is 1. The van der Waals surface area contributed by atoms with Crippen molar-refractivity contribution < 1.29 is 0 Å². The molecule has 0 radical (unpaired) electrons. The molecule has 17 heavy (non-hydrogen) atoms. The fourth-order valence-corrected chi connectivity index (χ4v) is 1.89. The van der Waals surface area contributed by atoms with Crippen LogP contribution < -0.4 is 5.73 Å². The lowest BCUT2D eigenvalue weighted by molar-refractivity contribution is 0.711. The molecule has 84 valence electrons. The maximum atomic E-state index is 5.74. The number of fused-ring (bicyclic) bond motifs is 1. The quantitative estimate of drug-likeness (QED) is 0.678. The molecule has 2 heterocycles. The molecule has 2 aromatic heterocycles. The summed E-state index contributed by atoms with van der Waals surface area (Å²) < 4.78 is 1.96. The third kappa shape index (κ3) is 1.85. The molecule has 0 atom stereocenters. The first-order chi connectivity index (χ1) is 8.33. The van der Waals surface area contributed by atoms with Crippen molar-refractivity contribution in [2.24, 2.45) is 0 Å². The topological polar surface area (TPSA) is 56.7 Å². The second kappa shape index (κ2) is 3.90. The number of hydrogen-bond acceptors (Lipinski definition) is 3. The molecule has 2 N–H and O–H groups in total. The zero-order valence-corrected chi connectivity index (χ0v) is 9.24. The van der Waals surface area contributed by atoms with Gasteiger partial charge < -0.3 is 5.73 Å². The first-order valence-electron chi connectivity index (χ1n) is 5.43. The van der Waals surface area contributed by atoms with Gasteiger partial charge in [0, 0.05) is 23.5 Å². The summed E-state index contributed by atoms with van der Waals surface area (Å²) in [7, 11) is 0. The van der Waals surface area contributed by atoms with Crippen molar-refractivity contribution in [3.63, 3.8) is 0 Å². The minimum Gasteiger partial charge on any atom is -0.399 e. The van der Waals surface area contributed by atoms with E-state index in [0.29, 0.717) is 0 Å². The predicted octanol–water partition coefficient (Wildman–Crippen LogP) is 2.06. The van der Waals surface area contributed by atoms with E-state index in [9.17, 15) is 0 Å². The van der Waals surface area contributed by atoms with E-state index in [1.54, 1.807) is 12.4 Å². The van der Waals surface area contributed by atoms with E-state index in [1.165, 1.54) is 5.56 Å². The lowest BCUT2D eigenvalue weighted by atomic mass is 10.2. The average molecular weight is 224 g/mol. The normalized spacial score (nSPS) is 10.8. The molecule has 0 aliphatic rings. The molecule has 4 heteroatoms. The van der Waals surface area contributed by atoms with Crippen molar-refractivity contribution in [2.75, 3.05) is 5.73 Å². The Morgan fingerprint density at radius 2 is 1.94 bits per heavy atom. The van der Waals surface area contributed by atoms with E-state index >= 15 is 0 Å². The van der Waals surface area contributed by atoms with Crippen LogP contribution in [-0.2, 0) is 6.54 Å². The van der Waals surface area contributed by atoms with Gasteiger partial charge in [-0.25, -0.2) is 0 Å². The van der Waals surface area contributed by atoms with E-state index in [-0.39, 0.29) is 0 Å². The van der Waals surface area contributed by atoms with Crippen LogP contribution in [0.1, 0.15) is 5.56 Å². The van der Waals surface area contributed by atoms with Gasteiger partial charge in [-0.05, 0) is 35.9 Å². The lowest BCUT2D eigenvalue weighted by Crippen LogP contribution is -2.01. The van der Waals surface area contributed by atoms with Crippen molar-refractivity contribution in [3.05, 3.63) is 54.5 Å². The first-order valence-corrected chi connectivity index (χ1v) is 5.43. The number of benzene rings is 1. The van der Waals surface area contributed by atoms with Gasteiger partial charge >= 0.3 is 0 Å². The highest BCUT2D eigenvalue weighted by Gasteiger charge is 2.03. The Morgan fingerprint density at radius 1 is 1.12 bits per heavy atom. The lowest BCUT2D eigenvalue weighted by Gasteiger charge is -2.03. The van der Waals surface area contributed by atoms with Crippen molar-refractivity contribution in [3.8, 4) is 0 Å². The highest BCUT2D eigenvalue weighted by Crippen LogP contribution is 2.17. The summed E-state index contributed by atoms with van der Waals surface area (Å²) in [6, 6.07) is 9.81. The number of anilines is 1. The van der Waals surface area contributed by atoms with E-state index < -0.39 is 0 Å². The zero-order valence-electron chi connectivity index (χ0n) is 9.24. The van der Waals surface area contributed by atoms with Crippen LogP contribution in [0.15, 0.2) is 48.9 Å². The maximum absolute atomic E-state index is 5.74. The van der Waals surface area contributed by atoms with Crippen LogP contribution in [0.25, 0.3) is 10.9 Å². The van der Waals surface area contributed by atoms with Crippen molar-refractivity contribution in [1.29, 1.82) is 0 Å². The Balaban J connectivity index is 2.01. The summed E-state index contributed by atoms with van der Waals surface area (Å²) in [4.78, 5) is 4.00. The molecule has 3 rings (SSSR count). The monoisotopic (exact) mass is 224 g/mol. The molecule has 0 bridgehead atoms. The van der Waals surface area contributed by atoms with Gasteiger partial charge in [0.15, 0.2) is 0 Å². The minimum absolute atomic E-state index is 0.746. The molecule has 0 spiro atoms. The number of nitrogens with zero attached hydrogens (tertiary/aromatic N) is 3. The second-order valence-electron chi connectivity index (χ2n) is 3.98. The summed E-state index contributed by atoms with van der Waals surface area (Å²) in [5.41, 5.74) is 8.78. The molecular formula is C13H12N4. The number of hydrogen-bond donors (Lipinski definition) is 1. The molecule has 0 saturated carbocycles. The van der Waals surface area contributed by atoms with Gasteiger partial charge in [0.2, 0.25) is 0 Å². The van der Waals surface area contributed by atoms with Crippen molar-refractivity contribution in [2.45, 2.75) is 6.54 Å². The molecule has 0 amide bonds. The van der Waals surface area contributed by atoms with Crippen LogP contribution in [0.2, 0.25) is 0 Å². The van der Waals surface area contributed by atoms with E-state index in [1.807, 2.05) is 41.2 Å². The Hall–Kier alpha value is -2.36. The number of rotatable bonds is 2. The van der Waals surface area contributed by atoms with Crippen molar-refractivity contribution >= 4 is 16.6 Å². The van der Waals surface area contributed by atoms with Gasteiger partial charge in [-0.15, -0.1) is 0 Å². The standard InChI is InChI=1S/C13H12N4/c14-12-1-2-13-11(7-12)8-16-17(13)9-10-3-5-15-6-4-10/h1-8H,9,14H2. The molecule has 0 fully saturated rings. The van der Waals surface area contributed by atoms with Gasteiger partial charge in [0.05, 0.1) is 18.3 Å². The molecular weight excluding hydrogens is 212 g/mol. The van der Waals surface area contributed by atoms with Gasteiger partial charge in [-0.2, -0.15) is 5.10 Å². The molecule has 0 aliphatic heterocycles. The van der Waals surface area contributed by atoms with Gasteiger partial charge in [0.1, 0.15) is 0 Å². The van der Waals surface area contributed by atoms with Crippen LogP contribution in [0.5, 0.6) is 0 Å². The SMILES string of the molecule is Nc1ccc2c(cnn2Cc2ccncc2)c1. The molecule has 3 aromatic rings. The fraction of sp³-hybridized carbons (Fsp3) is 0.0769. The zero-order chi connectivity index (χ0) is 11.7. The number of pyridine rings is 1. The molecule has 4 nitrogen and oxygen atoms in total. The highest BCUT2D eigenvalue weighted by atomic mass is 15.3. The van der Waals surface area contributed by atoms with Gasteiger partial charge in [-0.1, -0.05) is 0 Å². The van der Waals surface area contributed by atoms with Crippen LogP contribution in [-0.4, -0.2) is 14.8 Å². The highest BCUT2D eigenvalue weighted by molar-refractivity contribution is 5.81. The Morgan fingerprint density at radius 3 is 2.76 bits per heavy atom. The van der Waals surface area contributed by atoms with Crippen LogP contribution in [0.3, 0.4) is 0 Å². The van der Waals surface area contributed by atoms with E-state index in [4.69, 9.17) is 5.73 Å². The molecule has 0 saturated heterocycles. The third-order valence-corrected chi connectivity index (χ3v) is 2.75. The minimum atomic E-state index is 0.746. The third-order valence-electron chi connectivity index (χ3n) is 2.75. The molecule has 0 aliphatic carbocycles. The van der Waals surface area contributed by atoms with E-state index in [0.717, 1.165) is 23.1 Å². The summed E-state index contributed by atoms with van der Waals surface area (Å²) in [6.45, 7) is 0.746. The second-order valence-corrected chi connectivity index (χ2v) is 3.98. The van der Waals surface area contributed by atoms with Crippen LogP contribution in [0, 0.1) is 0 Å². The summed E-state index contributed by atoms with van der Waals surface area (Å²) in [5.74, 6) is 0. The number of aromatic nitrogens is 3. The van der Waals surface area contributed by atoms with Crippen LogP contribution >= 0.6 is 0 Å². The summed E-state index contributed by atoms with van der Waals surface area (Å²) in [6.07, 6.45) is 5.42. The first kappa shape index (κ1) is 9.84. The maximum Gasteiger partial charge on any atom is 0.0687 e. The fourth-order valence-electron chi connectivity index (χ4n) is 1.89. The Kier molecular flexibility index (Phi) is 2.26. The van der Waals surface area contributed by atoms with Crippen LogP contribution in [0.4, 0.5) is 5.69 Å².